The quantitative estimate of drug-likeness (QED) is 0.449. The molecule has 10 heteroatoms. The topological polar surface area (TPSA) is 125 Å². The van der Waals surface area contributed by atoms with E-state index in [0.717, 1.165) is 6.07 Å². The van der Waals surface area contributed by atoms with Gasteiger partial charge >= 0.3 is 11.9 Å². The molecular weight excluding hydrogens is 404 g/mol. The molecule has 0 fully saturated rings. The van der Waals surface area contributed by atoms with Gasteiger partial charge in [-0.25, -0.2) is 9.59 Å². The molecule has 0 spiro atoms. The number of rotatable bonds is 5. The van der Waals surface area contributed by atoms with Gasteiger partial charge in [0, 0.05) is 18.6 Å². The number of nitrogens with zero attached hydrogens (tertiary/aromatic N) is 1. The number of hydrogen-bond acceptors (Lipinski definition) is 7. The van der Waals surface area contributed by atoms with E-state index in [4.69, 9.17) is 21.1 Å². The van der Waals surface area contributed by atoms with Gasteiger partial charge in [-0.3, -0.25) is 14.9 Å². The summed E-state index contributed by atoms with van der Waals surface area (Å²) in [5, 5.41) is 13.3. The van der Waals surface area contributed by atoms with Crippen molar-refractivity contribution < 1.29 is 28.8 Å². The zero-order chi connectivity index (χ0) is 21.1. The molecule has 150 valence electrons. The van der Waals surface area contributed by atoms with Crippen LogP contribution in [-0.4, -0.2) is 35.0 Å². The number of carbonyl (C=O) groups is 3. The number of cyclic esters (lactones) is 1. The molecule has 1 aliphatic heterocycles. The molecular formula is C19H15ClN2O7. The number of esters is 2. The van der Waals surface area contributed by atoms with Crippen LogP contribution in [0.3, 0.4) is 0 Å². The first-order chi connectivity index (χ1) is 13.8. The fraction of sp³-hybridized carbons (Fsp3) is 0.211. The SMILES string of the molecule is C[C@@H](OC(=O)[C@H]1Cc2ccccc2C(=O)O1)C(=O)Nc1cc([N+](=O)[O-])ccc1Cl. The number of amides is 1. The number of nitrogens with one attached hydrogen (secondary N) is 1. The monoisotopic (exact) mass is 418 g/mol. The lowest BCUT2D eigenvalue weighted by molar-refractivity contribution is -0.384. The minimum absolute atomic E-state index is 0.00628. The molecule has 0 bridgehead atoms. The number of fused-ring (bicyclic) bond motifs is 1. The van der Waals surface area contributed by atoms with E-state index in [-0.39, 0.29) is 22.8 Å². The third-order valence-electron chi connectivity index (χ3n) is 4.24. The van der Waals surface area contributed by atoms with E-state index in [1.165, 1.54) is 19.1 Å². The number of halogens is 1. The molecule has 0 unspecified atom stereocenters. The summed E-state index contributed by atoms with van der Waals surface area (Å²) in [5.74, 6) is -2.27. The second kappa shape index (κ2) is 8.27. The van der Waals surface area contributed by atoms with E-state index in [0.29, 0.717) is 11.1 Å². The van der Waals surface area contributed by atoms with E-state index in [1.807, 2.05) is 0 Å². The zero-order valence-corrected chi connectivity index (χ0v) is 15.8. The molecule has 1 aliphatic rings. The summed E-state index contributed by atoms with van der Waals surface area (Å²) < 4.78 is 10.2. The third-order valence-corrected chi connectivity index (χ3v) is 4.57. The predicted octanol–water partition coefficient (Wildman–Crippen LogP) is 2.90. The van der Waals surface area contributed by atoms with E-state index in [9.17, 15) is 24.5 Å². The molecule has 0 aromatic heterocycles. The van der Waals surface area contributed by atoms with Crippen molar-refractivity contribution in [3.8, 4) is 0 Å². The molecule has 1 N–H and O–H groups in total. The highest BCUT2D eigenvalue weighted by atomic mass is 35.5. The van der Waals surface area contributed by atoms with Crippen LogP contribution in [0.1, 0.15) is 22.8 Å². The highest BCUT2D eigenvalue weighted by Gasteiger charge is 2.34. The van der Waals surface area contributed by atoms with E-state index < -0.39 is 35.0 Å². The fourth-order valence-corrected chi connectivity index (χ4v) is 2.89. The normalized spacial score (nSPS) is 16.2. The molecule has 1 heterocycles. The summed E-state index contributed by atoms with van der Waals surface area (Å²) in [7, 11) is 0. The molecule has 3 rings (SSSR count). The minimum Gasteiger partial charge on any atom is -0.450 e. The number of carbonyl (C=O) groups excluding carboxylic acids is 3. The minimum atomic E-state index is -1.26. The highest BCUT2D eigenvalue weighted by Crippen LogP contribution is 2.27. The van der Waals surface area contributed by atoms with Crippen molar-refractivity contribution in [3.05, 3.63) is 68.7 Å². The molecule has 0 saturated carbocycles. The lowest BCUT2D eigenvalue weighted by Gasteiger charge is -2.24. The van der Waals surface area contributed by atoms with Gasteiger partial charge in [-0.15, -0.1) is 0 Å². The van der Waals surface area contributed by atoms with Crippen LogP contribution >= 0.6 is 11.6 Å². The first kappa shape index (κ1) is 20.3. The number of anilines is 1. The number of non-ortho nitro benzene ring substituents is 1. The number of benzene rings is 2. The van der Waals surface area contributed by atoms with Gasteiger partial charge in [-0.1, -0.05) is 29.8 Å². The van der Waals surface area contributed by atoms with Crippen LogP contribution in [0.2, 0.25) is 5.02 Å². The Bertz CT molecular complexity index is 1010. The van der Waals surface area contributed by atoms with Gasteiger partial charge < -0.3 is 14.8 Å². The van der Waals surface area contributed by atoms with Gasteiger partial charge in [-0.2, -0.15) is 0 Å². The Kier molecular flexibility index (Phi) is 5.79. The van der Waals surface area contributed by atoms with Crippen LogP contribution in [0, 0.1) is 10.1 Å². The lowest BCUT2D eigenvalue weighted by Crippen LogP contribution is -2.39. The molecule has 0 radical (unpaired) electrons. The summed E-state index contributed by atoms with van der Waals surface area (Å²) >= 11 is 5.94. The maximum atomic E-state index is 12.3. The first-order valence-corrected chi connectivity index (χ1v) is 8.88. The molecule has 2 aromatic carbocycles. The number of nitro benzene ring substituents is 1. The average Bonchev–Trinajstić information content (AvgIpc) is 2.69. The van der Waals surface area contributed by atoms with Gasteiger partial charge in [0.1, 0.15) is 0 Å². The molecule has 1 amide bonds. The van der Waals surface area contributed by atoms with Gasteiger partial charge in [-0.05, 0) is 24.6 Å². The lowest BCUT2D eigenvalue weighted by atomic mass is 9.99. The average molecular weight is 419 g/mol. The summed E-state index contributed by atoms with van der Waals surface area (Å²) in [6, 6.07) is 10.3. The van der Waals surface area contributed by atoms with Crippen LogP contribution < -0.4 is 5.32 Å². The van der Waals surface area contributed by atoms with Crippen LogP contribution in [0.15, 0.2) is 42.5 Å². The van der Waals surface area contributed by atoms with Crippen molar-refractivity contribution in [2.75, 3.05) is 5.32 Å². The van der Waals surface area contributed by atoms with Crippen molar-refractivity contribution in [2.24, 2.45) is 0 Å². The first-order valence-electron chi connectivity index (χ1n) is 8.50. The fourth-order valence-electron chi connectivity index (χ4n) is 2.72. The zero-order valence-electron chi connectivity index (χ0n) is 15.1. The van der Waals surface area contributed by atoms with Gasteiger partial charge in [0.25, 0.3) is 11.6 Å². The maximum Gasteiger partial charge on any atom is 0.348 e. The molecule has 2 aromatic rings. The second-order valence-corrected chi connectivity index (χ2v) is 6.65. The summed E-state index contributed by atoms with van der Waals surface area (Å²) in [4.78, 5) is 46.9. The van der Waals surface area contributed by atoms with Crippen molar-refractivity contribution in [1.82, 2.24) is 0 Å². The van der Waals surface area contributed by atoms with Crippen molar-refractivity contribution in [3.63, 3.8) is 0 Å². The van der Waals surface area contributed by atoms with E-state index in [1.54, 1.807) is 24.3 Å². The van der Waals surface area contributed by atoms with Crippen molar-refractivity contribution >= 4 is 40.8 Å². The number of nitro groups is 1. The molecule has 9 nitrogen and oxygen atoms in total. The van der Waals surface area contributed by atoms with Gasteiger partial charge in [0.2, 0.25) is 6.10 Å². The smallest absolute Gasteiger partial charge is 0.348 e. The summed E-state index contributed by atoms with van der Waals surface area (Å²) in [6.45, 7) is 1.32. The van der Waals surface area contributed by atoms with E-state index in [2.05, 4.69) is 5.32 Å². The van der Waals surface area contributed by atoms with Crippen LogP contribution in [0.4, 0.5) is 11.4 Å². The summed E-state index contributed by atoms with van der Waals surface area (Å²) in [6.07, 6.45) is -2.30. The summed E-state index contributed by atoms with van der Waals surface area (Å²) in [5.41, 5.74) is 0.766. The van der Waals surface area contributed by atoms with Crippen LogP contribution in [0.5, 0.6) is 0 Å². The van der Waals surface area contributed by atoms with E-state index >= 15 is 0 Å². The Labute approximate surface area is 169 Å². The Morgan fingerprint density at radius 3 is 2.76 bits per heavy atom. The molecule has 29 heavy (non-hydrogen) atoms. The Morgan fingerprint density at radius 1 is 1.31 bits per heavy atom. The van der Waals surface area contributed by atoms with Crippen molar-refractivity contribution in [1.29, 1.82) is 0 Å². The second-order valence-electron chi connectivity index (χ2n) is 6.24. The Hall–Kier alpha value is -3.46. The number of hydrogen-bond donors (Lipinski definition) is 1. The van der Waals surface area contributed by atoms with Crippen molar-refractivity contribution in [2.45, 2.75) is 25.6 Å². The molecule has 0 saturated heterocycles. The Morgan fingerprint density at radius 2 is 2.03 bits per heavy atom. The van der Waals surface area contributed by atoms with Gasteiger partial charge in [0.05, 0.1) is 21.2 Å². The van der Waals surface area contributed by atoms with Gasteiger partial charge in [0.15, 0.2) is 6.10 Å². The highest BCUT2D eigenvalue weighted by molar-refractivity contribution is 6.33. The third kappa shape index (κ3) is 4.52. The molecule has 2 atom stereocenters. The predicted molar refractivity (Wildman–Crippen MR) is 102 cm³/mol. The van der Waals surface area contributed by atoms with Crippen LogP contribution in [0.25, 0.3) is 0 Å². The molecule has 0 aliphatic carbocycles. The maximum absolute atomic E-state index is 12.3. The Balaban J connectivity index is 1.64. The van der Waals surface area contributed by atoms with Crippen LogP contribution in [-0.2, 0) is 25.5 Å². The number of ether oxygens (including phenoxy) is 2. The standard InChI is InChI=1S/C19H15ClN2O7/c1-10(17(23)21-15-9-12(22(26)27)6-7-14(15)20)28-19(25)16-8-11-4-2-3-5-13(11)18(24)29-16/h2-7,9-10,16H,8H2,1H3,(H,21,23)/t10-,16-/m1/s1. The largest absolute Gasteiger partial charge is 0.450 e.